The van der Waals surface area contributed by atoms with Crippen LogP contribution in [0.2, 0.25) is 0 Å². The fraction of sp³-hybridized carbons (Fsp3) is 0.0526. The van der Waals surface area contributed by atoms with Crippen molar-refractivity contribution in [1.29, 1.82) is 0 Å². The summed E-state index contributed by atoms with van der Waals surface area (Å²) in [5, 5.41) is 15.7. The lowest BCUT2D eigenvalue weighted by atomic mass is 10.2. The molecule has 0 bridgehead atoms. The minimum Gasteiger partial charge on any atom is -0.337 e. The van der Waals surface area contributed by atoms with Gasteiger partial charge in [-0.15, -0.1) is 10.2 Å². The first-order chi connectivity index (χ1) is 12.8. The van der Waals surface area contributed by atoms with Crippen LogP contribution in [0.15, 0.2) is 78.6 Å². The van der Waals surface area contributed by atoms with E-state index in [2.05, 4.69) is 20.6 Å². The normalized spacial score (nSPS) is 11.2. The Hall–Kier alpha value is -3.74. The second-order valence-electron chi connectivity index (χ2n) is 5.73. The molecule has 4 rings (SSSR count). The molecule has 2 aromatic carbocycles. The summed E-state index contributed by atoms with van der Waals surface area (Å²) in [5.41, 5.74) is 2.67. The number of nitrogens with zero attached hydrogens (tertiary/aromatic N) is 5. The van der Waals surface area contributed by atoms with Crippen LogP contribution in [0.4, 0.5) is 5.69 Å². The maximum atomic E-state index is 12.4. The van der Waals surface area contributed by atoms with E-state index in [1.54, 1.807) is 6.21 Å². The molecule has 0 aliphatic rings. The zero-order valence-corrected chi connectivity index (χ0v) is 13.9. The SMILES string of the molecule is O=C(Cn1cc(/C=N\n2cnnc2)c2ccccc21)Nc1ccccc1. The van der Waals surface area contributed by atoms with Crippen molar-refractivity contribution in [2.24, 2.45) is 5.10 Å². The molecule has 4 aromatic rings. The summed E-state index contributed by atoms with van der Waals surface area (Å²) in [7, 11) is 0. The fourth-order valence-electron chi connectivity index (χ4n) is 2.77. The minimum absolute atomic E-state index is 0.0840. The standard InChI is InChI=1S/C19H16N6O/c26-19(23-16-6-2-1-3-7-16)12-24-11-15(10-22-25-13-20-21-14-25)17-8-4-5-9-18(17)24/h1-11,13-14H,12H2,(H,23,26)/b22-10-. The molecule has 2 heterocycles. The molecule has 0 unspecified atom stereocenters. The Morgan fingerprint density at radius 1 is 1.04 bits per heavy atom. The molecule has 0 spiro atoms. The van der Waals surface area contributed by atoms with E-state index in [9.17, 15) is 4.79 Å². The highest BCUT2D eigenvalue weighted by Crippen LogP contribution is 2.20. The second-order valence-corrected chi connectivity index (χ2v) is 5.73. The topological polar surface area (TPSA) is 77.1 Å². The van der Waals surface area contributed by atoms with Crippen LogP contribution in [0.3, 0.4) is 0 Å². The summed E-state index contributed by atoms with van der Waals surface area (Å²) >= 11 is 0. The Morgan fingerprint density at radius 3 is 2.58 bits per heavy atom. The average molecular weight is 344 g/mol. The summed E-state index contributed by atoms with van der Waals surface area (Å²) in [6.07, 6.45) is 6.69. The van der Waals surface area contributed by atoms with Crippen LogP contribution in [-0.4, -0.2) is 31.6 Å². The first kappa shape index (κ1) is 15.8. The van der Waals surface area contributed by atoms with E-state index < -0.39 is 0 Å². The van der Waals surface area contributed by atoms with Crippen LogP contribution >= 0.6 is 0 Å². The average Bonchev–Trinajstić information content (AvgIpc) is 3.29. The molecule has 0 saturated heterocycles. The van der Waals surface area contributed by atoms with E-state index in [1.807, 2.05) is 65.4 Å². The molecular weight excluding hydrogens is 328 g/mol. The molecule has 26 heavy (non-hydrogen) atoms. The summed E-state index contributed by atoms with van der Waals surface area (Å²) in [5.74, 6) is -0.0840. The van der Waals surface area contributed by atoms with E-state index in [0.29, 0.717) is 0 Å². The van der Waals surface area contributed by atoms with Crippen molar-refractivity contribution in [3.8, 4) is 0 Å². The van der Waals surface area contributed by atoms with Gasteiger partial charge in [0.25, 0.3) is 0 Å². The number of amides is 1. The fourth-order valence-corrected chi connectivity index (χ4v) is 2.77. The van der Waals surface area contributed by atoms with Gasteiger partial charge in [0, 0.05) is 28.4 Å². The lowest BCUT2D eigenvalue weighted by Crippen LogP contribution is -2.18. The minimum atomic E-state index is -0.0840. The number of fused-ring (bicyclic) bond motifs is 1. The molecule has 1 amide bonds. The summed E-state index contributed by atoms with van der Waals surface area (Å²) in [4.78, 5) is 12.4. The van der Waals surface area contributed by atoms with Crippen LogP contribution in [0.25, 0.3) is 10.9 Å². The molecule has 0 aliphatic heterocycles. The Balaban J connectivity index is 1.60. The van der Waals surface area contributed by atoms with Crippen molar-refractivity contribution < 1.29 is 4.79 Å². The van der Waals surface area contributed by atoms with Gasteiger partial charge in [-0.2, -0.15) is 5.10 Å². The molecule has 0 saturated carbocycles. The Bertz CT molecular complexity index is 1050. The molecule has 2 aromatic heterocycles. The van der Waals surface area contributed by atoms with Crippen molar-refractivity contribution in [3.63, 3.8) is 0 Å². The maximum Gasteiger partial charge on any atom is 0.244 e. The lowest BCUT2D eigenvalue weighted by Gasteiger charge is -2.07. The van der Waals surface area contributed by atoms with Gasteiger partial charge in [0.2, 0.25) is 5.91 Å². The second kappa shape index (κ2) is 7.02. The summed E-state index contributed by atoms with van der Waals surface area (Å²) < 4.78 is 3.44. The number of hydrogen-bond donors (Lipinski definition) is 1. The molecule has 7 heteroatoms. The van der Waals surface area contributed by atoms with Gasteiger partial charge < -0.3 is 9.88 Å². The number of rotatable bonds is 5. The highest BCUT2D eigenvalue weighted by atomic mass is 16.1. The molecule has 0 radical (unpaired) electrons. The summed E-state index contributed by atoms with van der Waals surface area (Å²) in [6, 6.07) is 17.3. The molecule has 0 fully saturated rings. The lowest BCUT2D eigenvalue weighted by molar-refractivity contribution is -0.116. The number of carbonyl (C=O) groups excluding carboxylic acids is 1. The zero-order chi connectivity index (χ0) is 17.8. The Morgan fingerprint density at radius 2 is 1.77 bits per heavy atom. The predicted octanol–water partition coefficient (Wildman–Crippen LogP) is 2.75. The van der Waals surface area contributed by atoms with E-state index in [1.165, 1.54) is 17.3 Å². The third-order valence-electron chi connectivity index (χ3n) is 3.93. The van der Waals surface area contributed by atoms with E-state index >= 15 is 0 Å². The van der Waals surface area contributed by atoms with E-state index in [4.69, 9.17) is 0 Å². The molecule has 1 N–H and O–H groups in total. The number of anilines is 1. The molecule has 0 aliphatic carbocycles. The predicted molar refractivity (Wildman–Crippen MR) is 100 cm³/mol. The largest absolute Gasteiger partial charge is 0.337 e. The monoisotopic (exact) mass is 344 g/mol. The van der Waals surface area contributed by atoms with Crippen molar-refractivity contribution in [2.45, 2.75) is 6.54 Å². The highest BCUT2D eigenvalue weighted by Gasteiger charge is 2.10. The van der Waals surface area contributed by atoms with Gasteiger partial charge in [-0.3, -0.25) is 4.79 Å². The molecule has 0 atom stereocenters. The number of nitrogens with one attached hydrogen (secondary N) is 1. The van der Waals surface area contributed by atoms with Crippen LogP contribution < -0.4 is 5.32 Å². The van der Waals surface area contributed by atoms with Crippen molar-refractivity contribution >= 4 is 28.7 Å². The third kappa shape index (κ3) is 3.36. The third-order valence-corrected chi connectivity index (χ3v) is 3.93. The highest BCUT2D eigenvalue weighted by molar-refractivity contribution is 6.00. The van der Waals surface area contributed by atoms with Crippen LogP contribution in [0, 0.1) is 0 Å². The van der Waals surface area contributed by atoms with Gasteiger partial charge in [-0.05, 0) is 18.2 Å². The number of benzene rings is 2. The smallest absolute Gasteiger partial charge is 0.244 e. The van der Waals surface area contributed by atoms with Gasteiger partial charge in [0.05, 0.1) is 6.21 Å². The van der Waals surface area contributed by atoms with Crippen LogP contribution in [0.1, 0.15) is 5.56 Å². The first-order valence-corrected chi connectivity index (χ1v) is 8.11. The van der Waals surface area contributed by atoms with Gasteiger partial charge in [-0.1, -0.05) is 36.4 Å². The number of aromatic nitrogens is 4. The zero-order valence-electron chi connectivity index (χ0n) is 13.9. The van der Waals surface area contributed by atoms with Crippen LogP contribution in [0.5, 0.6) is 0 Å². The first-order valence-electron chi connectivity index (χ1n) is 8.11. The Kier molecular flexibility index (Phi) is 4.26. The maximum absolute atomic E-state index is 12.4. The number of hydrogen-bond acceptors (Lipinski definition) is 4. The Labute approximate surface area is 149 Å². The molecule has 128 valence electrons. The van der Waals surface area contributed by atoms with Gasteiger partial charge in [-0.25, -0.2) is 4.68 Å². The molecule has 7 nitrogen and oxygen atoms in total. The van der Waals surface area contributed by atoms with E-state index in [0.717, 1.165) is 22.2 Å². The molecular formula is C19H16N6O. The van der Waals surface area contributed by atoms with Crippen molar-refractivity contribution in [2.75, 3.05) is 5.32 Å². The van der Waals surface area contributed by atoms with E-state index in [-0.39, 0.29) is 12.5 Å². The summed E-state index contributed by atoms with van der Waals surface area (Å²) in [6.45, 7) is 0.218. The van der Waals surface area contributed by atoms with Crippen LogP contribution in [-0.2, 0) is 11.3 Å². The van der Waals surface area contributed by atoms with Gasteiger partial charge in [0.1, 0.15) is 19.2 Å². The van der Waals surface area contributed by atoms with Crippen molar-refractivity contribution in [3.05, 3.63) is 79.0 Å². The number of carbonyl (C=O) groups is 1. The van der Waals surface area contributed by atoms with Crippen molar-refractivity contribution in [1.82, 2.24) is 19.4 Å². The van der Waals surface area contributed by atoms with Gasteiger partial charge in [0.15, 0.2) is 0 Å². The van der Waals surface area contributed by atoms with Gasteiger partial charge >= 0.3 is 0 Å². The number of para-hydroxylation sites is 2. The quantitative estimate of drug-likeness (QED) is 0.566.